The molecule has 3 heterocycles. The molecule has 1 aliphatic rings. The van der Waals surface area contributed by atoms with Crippen molar-refractivity contribution in [1.29, 1.82) is 0 Å². The fraction of sp³-hybridized carbons (Fsp3) is 0.320. The molecule has 0 amide bonds. The van der Waals surface area contributed by atoms with E-state index in [4.69, 9.17) is 9.72 Å². The number of aryl methyl sites for hydroxylation is 2. The van der Waals surface area contributed by atoms with Crippen LogP contribution in [0.5, 0.6) is 5.75 Å². The maximum atomic E-state index is 13.6. The molecule has 0 bridgehead atoms. The van der Waals surface area contributed by atoms with Gasteiger partial charge in [-0.1, -0.05) is 43.3 Å². The first kappa shape index (κ1) is 21.1. The molecule has 33 heavy (non-hydrogen) atoms. The Bertz CT molecular complexity index is 1430. The van der Waals surface area contributed by atoms with Crippen LogP contribution in [0.1, 0.15) is 12.5 Å². The van der Waals surface area contributed by atoms with Gasteiger partial charge in [0.25, 0.3) is 5.56 Å². The number of nitrogens with zero attached hydrogens (tertiary/aromatic N) is 5. The molecule has 4 aromatic rings. The van der Waals surface area contributed by atoms with Crippen LogP contribution in [0.25, 0.3) is 11.2 Å². The Morgan fingerprint density at radius 3 is 2.61 bits per heavy atom. The van der Waals surface area contributed by atoms with Crippen LogP contribution in [-0.4, -0.2) is 32.3 Å². The largest absolute Gasteiger partial charge is 0.497 e. The third kappa shape index (κ3) is 3.61. The molecule has 0 aliphatic carbocycles. The first-order valence-corrected chi connectivity index (χ1v) is 11.1. The second-order valence-corrected chi connectivity index (χ2v) is 8.65. The number of rotatable bonds is 5. The van der Waals surface area contributed by atoms with E-state index in [1.807, 2.05) is 59.2 Å². The molecule has 1 unspecified atom stereocenters. The normalized spacial score (nSPS) is 15.6. The molecule has 0 saturated carbocycles. The second kappa shape index (κ2) is 8.27. The van der Waals surface area contributed by atoms with E-state index in [0.29, 0.717) is 36.6 Å². The molecule has 1 atom stereocenters. The van der Waals surface area contributed by atoms with Gasteiger partial charge in [0.2, 0.25) is 5.95 Å². The SMILES string of the molecule is COc1cccc(N2CC(C)Cn3c2nc2c3c(=O)n(CCc3ccccc3)c(=O)n2C)c1. The highest BCUT2D eigenvalue weighted by Crippen LogP contribution is 2.34. The number of fused-ring (bicyclic) bond motifs is 3. The Balaban J connectivity index is 1.65. The molecular formula is C25H27N5O3. The van der Waals surface area contributed by atoms with E-state index in [1.165, 1.54) is 9.13 Å². The topological polar surface area (TPSA) is 74.3 Å². The van der Waals surface area contributed by atoms with Gasteiger partial charge >= 0.3 is 5.69 Å². The van der Waals surface area contributed by atoms with Crippen LogP contribution in [0.2, 0.25) is 0 Å². The summed E-state index contributed by atoms with van der Waals surface area (Å²) < 4.78 is 10.2. The van der Waals surface area contributed by atoms with Gasteiger partial charge in [-0.15, -0.1) is 0 Å². The monoisotopic (exact) mass is 445 g/mol. The minimum Gasteiger partial charge on any atom is -0.497 e. The molecule has 1 aliphatic heterocycles. The van der Waals surface area contributed by atoms with Crippen molar-refractivity contribution in [2.45, 2.75) is 26.4 Å². The van der Waals surface area contributed by atoms with Gasteiger partial charge in [-0.3, -0.25) is 13.9 Å². The predicted octanol–water partition coefficient (Wildman–Crippen LogP) is 2.94. The summed E-state index contributed by atoms with van der Waals surface area (Å²) in [4.78, 5) is 33.5. The van der Waals surface area contributed by atoms with Crippen molar-refractivity contribution >= 4 is 22.8 Å². The molecule has 2 aromatic carbocycles. The third-order valence-electron chi connectivity index (χ3n) is 6.27. The number of anilines is 2. The molecule has 0 fully saturated rings. The van der Waals surface area contributed by atoms with Gasteiger partial charge < -0.3 is 14.2 Å². The minimum atomic E-state index is -0.347. The lowest BCUT2D eigenvalue weighted by Crippen LogP contribution is -2.40. The smallest absolute Gasteiger partial charge is 0.332 e. The lowest BCUT2D eigenvalue weighted by atomic mass is 10.1. The summed E-state index contributed by atoms with van der Waals surface area (Å²) in [5, 5.41) is 0. The maximum absolute atomic E-state index is 13.6. The van der Waals surface area contributed by atoms with E-state index in [0.717, 1.165) is 23.5 Å². The van der Waals surface area contributed by atoms with Gasteiger partial charge in [0, 0.05) is 38.4 Å². The number of ether oxygens (including phenoxy) is 1. The van der Waals surface area contributed by atoms with E-state index in [9.17, 15) is 9.59 Å². The molecule has 0 saturated heterocycles. The van der Waals surface area contributed by atoms with E-state index in [1.54, 1.807) is 14.2 Å². The molecule has 0 spiro atoms. The van der Waals surface area contributed by atoms with Crippen LogP contribution in [0.15, 0.2) is 64.2 Å². The van der Waals surface area contributed by atoms with Crippen molar-refractivity contribution in [1.82, 2.24) is 18.7 Å². The summed E-state index contributed by atoms with van der Waals surface area (Å²) in [5.74, 6) is 1.71. The Morgan fingerprint density at radius 1 is 1.06 bits per heavy atom. The van der Waals surface area contributed by atoms with Crippen LogP contribution in [0, 0.1) is 5.92 Å². The molecule has 0 radical (unpaired) electrons. The van der Waals surface area contributed by atoms with E-state index in [-0.39, 0.29) is 17.2 Å². The molecule has 0 N–H and O–H groups in total. The lowest BCUT2D eigenvalue weighted by molar-refractivity contribution is 0.414. The molecule has 8 nitrogen and oxygen atoms in total. The Labute approximate surface area is 191 Å². The zero-order chi connectivity index (χ0) is 23.1. The zero-order valence-corrected chi connectivity index (χ0v) is 19.1. The minimum absolute atomic E-state index is 0.288. The van der Waals surface area contributed by atoms with Crippen LogP contribution in [0.3, 0.4) is 0 Å². The van der Waals surface area contributed by atoms with Crippen molar-refractivity contribution in [2.24, 2.45) is 13.0 Å². The van der Waals surface area contributed by atoms with Gasteiger partial charge in [0.1, 0.15) is 5.75 Å². The fourth-order valence-corrected chi connectivity index (χ4v) is 4.58. The quantitative estimate of drug-likeness (QED) is 0.472. The van der Waals surface area contributed by atoms with Gasteiger partial charge in [0.15, 0.2) is 11.2 Å². The summed E-state index contributed by atoms with van der Waals surface area (Å²) in [6, 6.07) is 17.7. The number of methoxy groups -OCH3 is 1. The summed E-state index contributed by atoms with van der Waals surface area (Å²) in [6.45, 7) is 3.89. The molecule has 8 heteroatoms. The number of imidazole rings is 1. The molecule has 2 aromatic heterocycles. The number of aromatic nitrogens is 4. The van der Waals surface area contributed by atoms with Crippen molar-refractivity contribution in [3.63, 3.8) is 0 Å². The van der Waals surface area contributed by atoms with Crippen molar-refractivity contribution in [3.8, 4) is 5.75 Å². The summed E-state index contributed by atoms with van der Waals surface area (Å²) in [7, 11) is 3.32. The Hall–Kier alpha value is -3.81. The highest BCUT2D eigenvalue weighted by Gasteiger charge is 2.30. The fourth-order valence-electron chi connectivity index (χ4n) is 4.58. The predicted molar refractivity (Wildman–Crippen MR) is 129 cm³/mol. The third-order valence-corrected chi connectivity index (χ3v) is 6.27. The van der Waals surface area contributed by atoms with E-state index >= 15 is 0 Å². The number of hydrogen-bond acceptors (Lipinski definition) is 5. The van der Waals surface area contributed by atoms with Crippen molar-refractivity contribution < 1.29 is 4.74 Å². The maximum Gasteiger partial charge on any atom is 0.332 e. The second-order valence-electron chi connectivity index (χ2n) is 8.65. The van der Waals surface area contributed by atoms with Crippen LogP contribution >= 0.6 is 0 Å². The lowest BCUT2D eigenvalue weighted by Gasteiger charge is -2.33. The average molecular weight is 446 g/mol. The molecule has 170 valence electrons. The van der Waals surface area contributed by atoms with Crippen molar-refractivity contribution in [2.75, 3.05) is 18.6 Å². The van der Waals surface area contributed by atoms with E-state index < -0.39 is 0 Å². The van der Waals surface area contributed by atoms with E-state index in [2.05, 4.69) is 11.8 Å². The van der Waals surface area contributed by atoms with Crippen LogP contribution in [-0.2, 0) is 26.6 Å². The summed E-state index contributed by atoms with van der Waals surface area (Å²) in [6.07, 6.45) is 0.606. The highest BCUT2D eigenvalue weighted by molar-refractivity contribution is 5.77. The Kier molecular flexibility index (Phi) is 5.28. The first-order chi connectivity index (χ1) is 16.0. The van der Waals surface area contributed by atoms with Gasteiger partial charge in [-0.25, -0.2) is 4.79 Å². The van der Waals surface area contributed by atoms with Gasteiger partial charge in [-0.2, -0.15) is 4.98 Å². The number of benzene rings is 2. The summed E-state index contributed by atoms with van der Waals surface area (Å²) >= 11 is 0. The first-order valence-electron chi connectivity index (χ1n) is 11.1. The highest BCUT2D eigenvalue weighted by atomic mass is 16.5. The zero-order valence-electron chi connectivity index (χ0n) is 19.1. The number of hydrogen-bond donors (Lipinski definition) is 0. The standard InChI is InChI=1S/C25H27N5O3/c1-17-15-29(19-10-7-11-20(14-19)33-3)24-26-22-21(30(24)16-17)23(31)28(25(32)27(22)2)13-12-18-8-5-4-6-9-18/h4-11,14,17H,12-13,15-16H2,1-3H3. The van der Waals surface area contributed by atoms with Crippen LogP contribution < -0.4 is 20.9 Å². The van der Waals surface area contributed by atoms with Crippen LogP contribution in [0.4, 0.5) is 11.6 Å². The van der Waals surface area contributed by atoms with Gasteiger partial charge in [-0.05, 0) is 30.0 Å². The Morgan fingerprint density at radius 2 is 1.85 bits per heavy atom. The molecular weight excluding hydrogens is 418 g/mol. The summed E-state index contributed by atoms with van der Waals surface area (Å²) in [5.41, 5.74) is 2.27. The van der Waals surface area contributed by atoms with Gasteiger partial charge in [0.05, 0.1) is 7.11 Å². The average Bonchev–Trinajstić information content (AvgIpc) is 3.22. The van der Waals surface area contributed by atoms with Crippen molar-refractivity contribution in [3.05, 3.63) is 81.0 Å². The molecule has 5 rings (SSSR count).